The van der Waals surface area contributed by atoms with Gasteiger partial charge in [0, 0.05) is 12.0 Å². The van der Waals surface area contributed by atoms with Crippen molar-refractivity contribution in [2.75, 3.05) is 18.5 Å². The number of hydrogen-bond donors (Lipinski definition) is 2. The molecule has 0 bridgehead atoms. The van der Waals surface area contributed by atoms with Crippen molar-refractivity contribution >= 4 is 11.9 Å². The van der Waals surface area contributed by atoms with Crippen molar-refractivity contribution in [3.63, 3.8) is 0 Å². The maximum Gasteiger partial charge on any atom is 0.249 e. The molecule has 1 amide bonds. The highest BCUT2D eigenvalue weighted by Crippen LogP contribution is 2.26. The summed E-state index contributed by atoms with van der Waals surface area (Å²) in [6.07, 6.45) is 0.790. The fraction of sp³-hybridized carbons (Fsp3) is 0.250. The Bertz CT molecular complexity index is 912. The van der Waals surface area contributed by atoms with Gasteiger partial charge in [-0.1, -0.05) is 12.1 Å². The van der Waals surface area contributed by atoms with Gasteiger partial charge in [-0.3, -0.25) is 15.2 Å². The first-order chi connectivity index (χ1) is 13.7. The zero-order chi connectivity index (χ0) is 19.8. The summed E-state index contributed by atoms with van der Waals surface area (Å²) in [5, 5.41) is 9.30. The number of amides is 1. The molecular weight excluding hydrogens is 363 g/mol. The van der Waals surface area contributed by atoms with Gasteiger partial charge >= 0.3 is 0 Å². The monoisotopic (exact) mass is 384 g/mol. The molecule has 0 atom stereocenters. The summed E-state index contributed by atoms with van der Waals surface area (Å²) >= 11 is 0. The highest BCUT2D eigenvalue weighted by atomic mass is 19.1. The number of ether oxygens (including phenoxy) is 2. The van der Waals surface area contributed by atoms with E-state index in [1.165, 1.54) is 12.1 Å². The Labute approximate surface area is 161 Å². The predicted octanol–water partition coefficient (Wildman–Crippen LogP) is 3.81. The predicted molar refractivity (Wildman–Crippen MR) is 103 cm³/mol. The van der Waals surface area contributed by atoms with E-state index in [1.54, 1.807) is 12.1 Å². The summed E-state index contributed by atoms with van der Waals surface area (Å²) in [6, 6.07) is 13.2. The van der Waals surface area contributed by atoms with E-state index >= 15 is 0 Å². The first kappa shape index (κ1) is 19.3. The molecule has 0 saturated carbocycles. The van der Waals surface area contributed by atoms with Gasteiger partial charge in [0.1, 0.15) is 5.82 Å². The summed E-state index contributed by atoms with van der Waals surface area (Å²) in [5.74, 6) is 1.42. The molecule has 1 heterocycles. The molecular formula is C20H21FN4O3. The molecule has 0 aliphatic carbocycles. The first-order valence-corrected chi connectivity index (χ1v) is 8.98. The quantitative estimate of drug-likeness (QED) is 0.548. The van der Waals surface area contributed by atoms with Crippen LogP contribution in [0.25, 0.3) is 11.4 Å². The van der Waals surface area contributed by atoms with Crippen LogP contribution >= 0.6 is 0 Å². The maximum absolute atomic E-state index is 13.0. The Hall–Kier alpha value is -3.42. The summed E-state index contributed by atoms with van der Waals surface area (Å²) < 4.78 is 24.2. The van der Waals surface area contributed by atoms with Gasteiger partial charge in [0.05, 0.1) is 13.2 Å². The van der Waals surface area contributed by atoms with Crippen molar-refractivity contribution in [2.45, 2.75) is 19.8 Å². The Morgan fingerprint density at radius 1 is 1.11 bits per heavy atom. The van der Waals surface area contributed by atoms with Crippen molar-refractivity contribution in [3.05, 3.63) is 54.3 Å². The van der Waals surface area contributed by atoms with E-state index in [-0.39, 0.29) is 24.1 Å². The second-order valence-corrected chi connectivity index (χ2v) is 5.89. The SMILES string of the molecule is CCOc1ccccc1OCCCC(=O)Nc1n[nH]c(-c2ccc(F)cc2)n1. The molecule has 28 heavy (non-hydrogen) atoms. The molecule has 7 nitrogen and oxygen atoms in total. The number of carbonyl (C=O) groups excluding carboxylic acids is 1. The normalized spacial score (nSPS) is 10.5. The van der Waals surface area contributed by atoms with Crippen LogP contribution in [0.2, 0.25) is 0 Å². The number of nitrogens with one attached hydrogen (secondary N) is 2. The van der Waals surface area contributed by atoms with Gasteiger partial charge in [-0.15, -0.1) is 5.10 Å². The molecule has 2 aromatic carbocycles. The molecule has 8 heteroatoms. The fourth-order valence-electron chi connectivity index (χ4n) is 2.50. The highest BCUT2D eigenvalue weighted by Gasteiger charge is 2.10. The van der Waals surface area contributed by atoms with Crippen LogP contribution in [-0.4, -0.2) is 34.3 Å². The number of aromatic amines is 1. The van der Waals surface area contributed by atoms with Crippen molar-refractivity contribution < 1.29 is 18.7 Å². The highest BCUT2D eigenvalue weighted by molar-refractivity contribution is 5.89. The Morgan fingerprint density at radius 3 is 2.54 bits per heavy atom. The second kappa shape index (κ2) is 9.50. The smallest absolute Gasteiger partial charge is 0.249 e. The molecule has 0 fully saturated rings. The minimum Gasteiger partial charge on any atom is -0.490 e. The third-order valence-corrected chi connectivity index (χ3v) is 3.81. The molecule has 3 rings (SSSR count). The van der Waals surface area contributed by atoms with Crippen molar-refractivity contribution in [1.82, 2.24) is 15.2 Å². The van der Waals surface area contributed by atoms with Crippen LogP contribution in [0, 0.1) is 5.82 Å². The number of H-pyrrole nitrogens is 1. The molecule has 3 aromatic rings. The number of nitrogens with zero attached hydrogens (tertiary/aromatic N) is 2. The number of aromatic nitrogens is 3. The van der Waals surface area contributed by atoms with Crippen molar-refractivity contribution in [1.29, 1.82) is 0 Å². The van der Waals surface area contributed by atoms with E-state index < -0.39 is 0 Å². The summed E-state index contributed by atoms with van der Waals surface area (Å²) in [4.78, 5) is 16.2. The Kier molecular flexibility index (Phi) is 6.56. The van der Waals surface area contributed by atoms with Crippen LogP contribution in [0.5, 0.6) is 11.5 Å². The van der Waals surface area contributed by atoms with E-state index in [9.17, 15) is 9.18 Å². The molecule has 0 aliphatic rings. The van der Waals surface area contributed by atoms with E-state index in [0.717, 1.165) is 0 Å². The van der Waals surface area contributed by atoms with Gasteiger partial charge < -0.3 is 9.47 Å². The number of benzene rings is 2. The van der Waals surface area contributed by atoms with Crippen molar-refractivity contribution in [2.24, 2.45) is 0 Å². The zero-order valence-corrected chi connectivity index (χ0v) is 15.4. The van der Waals surface area contributed by atoms with E-state index in [2.05, 4.69) is 20.5 Å². The topological polar surface area (TPSA) is 89.1 Å². The number of anilines is 1. The van der Waals surface area contributed by atoms with Gasteiger partial charge in [-0.25, -0.2) is 4.39 Å². The average Bonchev–Trinajstić information content (AvgIpc) is 3.15. The third kappa shape index (κ3) is 5.29. The number of hydrogen-bond acceptors (Lipinski definition) is 5. The standard InChI is InChI=1S/C20H21FN4O3/c1-2-27-16-6-3-4-7-17(16)28-13-5-8-18(26)22-20-23-19(24-25-20)14-9-11-15(21)12-10-14/h3-4,6-7,9-12H,2,5,8,13H2,1H3,(H2,22,23,24,25,26). The molecule has 0 radical (unpaired) electrons. The van der Waals surface area contributed by atoms with E-state index in [0.29, 0.717) is 42.5 Å². The summed E-state index contributed by atoms with van der Waals surface area (Å²) in [7, 11) is 0. The Morgan fingerprint density at radius 2 is 1.82 bits per heavy atom. The van der Waals surface area contributed by atoms with Crippen LogP contribution in [-0.2, 0) is 4.79 Å². The van der Waals surface area contributed by atoms with E-state index in [4.69, 9.17) is 9.47 Å². The largest absolute Gasteiger partial charge is 0.490 e. The molecule has 0 spiro atoms. The number of rotatable bonds is 9. The summed E-state index contributed by atoms with van der Waals surface area (Å²) in [6.45, 7) is 2.84. The lowest BCUT2D eigenvalue weighted by Gasteiger charge is -2.11. The molecule has 2 N–H and O–H groups in total. The number of carbonyl (C=O) groups is 1. The average molecular weight is 384 g/mol. The van der Waals surface area contributed by atoms with Crippen LogP contribution in [0.15, 0.2) is 48.5 Å². The first-order valence-electron chi connectivity index (χ1n) is 8.98. The second-order valence-electron chi connectivity index (χ2n) is 5.89. The fourth-order valence-corrected chi connectivity index (χ4v) is 2.50. The van der Waals surface area contributed by atoms with Gasteiger partial charge in [0.25, 0.3) is 0 Å². The molecule has 1 aromatic heterocycles. The van der Waals surface area contributed by atoms with Gasteiger partial charge in [0.15, 0.2) is 17.3 Å². The lowest BCUT2D eigenvalue weighted by molar-refractivity contribution is -0.116. The minimum atomic E-state index is -0.331. The van der Waals surface area contributed by atoms with E-state index in [1.807, 2.05) is 31.2 Å². The maximum atomic E-state index is 13.0. The zero-order valence-electron chi connectivity index (χ0n) is 15.4. The van der Waals surface area contributed by atoms with Gasteiger partial charge in [-0.2, -0.15) is 4.98 Å². The van der Waals surface area contributed by atoms with Crippen LogP contribution in [0.3, 0.4) is 0 Å². The number of para-hydroxylation sites is 2. The molecule has 0 aliphatic heterocycles. The Balaban J connectivity index is 1.44. The van der Waals surface area contributed by atoms with Crippen LogP contribution in [0.4, 0.5) is 10.3 Å². The van der Waals surface area contributed by atoms with Crippen molar-refractivity contribution in [3.8, 4) is 22.9 Å². The minimum absolute atomic E-state index is 0.173. The lowest BCUT2D eigenvalue weighted by Crippen LogP contribution is -2.14. The van der Waals surface area contributed by atoms with Gasteiger partial charge in [0.2, 0.25) is 11.9 Å². The summed E-state index contributed by atoms with van der Waals surface area (Å²) in [5.41, 5.74) is 0.677. The molecule has 0 saturated heterocycles. The lowest BCUT2D eigenvalue weighted by atomic mass is 10.2. The molecule has 0 unspecified atom stereocenters. The number of halogens is 1. The third-order valence-electron chi connectivity index (χ3n) is 3.81. The van der Waals surface area contributed by atoms with Crippen LogP contribution < -0.4 is 14.8 Å². The molecule has 146 valence electrons. The van der Waals surface area contributed by atoms with Crippen LogP contribution in [0.1, 0.15) is 19.8 Å². The van der Waals surface area contributed by atoms with Gasteiger partial charge in [-0.05, 0) is 49.7 Å².